The van der Waals surface area contributed by atoms with Gasteiger partial charge in [-0.25, -0.2) is 0 Å². The van der Waals surface area contributed by atoms with Crippen molar-refractivity contribution in [3.63, 3.8) is 0 Å². The average molecular weight is 366 g/mol. The van der Waals surface area contributed by atoms with Crippen molar-refractivity contribution >= 4 is 46.2 Å². The van der Waals surface area contributed by atoms with Crippen LogP contribution in [0.4, 0.5) is 0 Å². The minimum atomic E-state index is -0.571. The van der Waals surface area contributed by atoms with Crippen LogP contribution in [-0.2, 0) is 9.59 Å². The van der Waals surface area contributed by atoms with Crippen molar-refractivity contribution in [1.82, 2.24) is 4.90 Å². The maximum Gasteiger partial charge on any atom is 0.266 e. The Hall–Kier alpha value is -2.06. The molecule has 0 unspecified atom stereocenters. The van der Waals surface area contributed by atoms with Crippen LogP contribution in [0.5, 0.6) is 11.5 Å². The number of ether oxygens (including phenoxy) is 2. The van der Waals surface area contributed by atoms with E-state index in [0.717, 1.165) is 5.56 Å². The Morgan fingerprint density at radius 1 is 1.42 bits per heavy atom. The first-order chi connectivity index (χ1) is 11.3. The van der Waals surface area contributed by atoms with E-state index in [0.29, 0.717) is 20.7 Å². The Balaban J connectivity index is 2.25. The maximum atomic E-state index is 12.4. The van der Waals surface area contributed by atoms with Crippen LogP contribution in [0.1, 0.15) is 19.4 Å². The Bertz CT molecular complexity index is 716. The summed E-state index contributed by atoms with van der Waals surface area (Å²) in [5.41, 5.74) is 5.83. The quantitative estimate of drug-likeness (QED) is 0.614. The lowest BCUT2D eigenvalue weighted by Gasteiger charge is -2.18. The number of benzene rings is 1. The summed E-state index contributed by atoms with van der Waals surface area (Å²) in [6.45, 7) is 3.60. The lowest BCUT2D eigenvalue weighted by molar-refractivity contribution is -0.123. The number of nitrogens with two attached hydrogens (primary N) is 1. The summed E-state index contributed by atoms with van der Waals surface area (Å²) < 4.78 is 11.1. The molecule has 2 N–H and O–H groups in total. The van der Waals surface area contributed by atoms with Crippen LogP contribution < -0.4 is 15.2 Å². The van der Waals surface area contributed by atoms with Gasteiger partial charge in [0.1, 0.15) is 4.32 Å². The molecule has 6 nitrogen and oxygen atoms in total. The van der Waals surface area contributed by atoms with Crippen LogP contribution >= 0.6 is 24.0 Å². The lowest BCUT2D eigenvalue weighted by atomic mass is 10.2. The predicted octanol–water partition coefficient (Wildman–Crippen LogP) is 2.17. The smallest absolute Gasteiger partial charge is 0.266 e. The fourth-order valence-corrected chi connectivity index (χ4v) is 3.64. The van der Waals surface area contributed by atoms with Crippen molar-refractivity contribution in [1.29, 1.82) is 0 Å². The van der Waals surface area contributed by atoms with E-state index in [1.807, 2.05) is 13.8 Å². The van der Waals surface area contributed by atoms with Crippen LogP contribution in [-0.4, -0.2) is 40.8 Å². The van der Waals surface area contributed by atoms with Crippen molar-refractivity contribution < 1.29 is 19.1 Å². The van der Waals surface area contributed by atoms with Crippen molar-refractivity contribution in [2.24, 2.45) is 5.73 Å². The van der Waals surface area contributed by atoms with Gasteiger partial charge in [0.05, 0.1) is 12.0 Å². The highest BCUT2D eigenvalue weighted by Crippen LogP contribution is 2.35. The van der Waals surface area contributed by atoms with Gasteiger partial charge in [0, 0.05) is 6.04 Å². The molecule has 2 amide bonds. The van der Waals surface area contributed by atoms with Gasteiger partial charge in [-0.15, -0.1) is 0 Å². The van der Waals surface area contributed by atoms with Gasteiger partial charge in [0.15, 0.2) is 18.1 Å². The van der Waals surface area contributed by atoms with E-state index >= 15 is 0 Å². The standard InChI is InChI=1S/C16H18N2O4S2/c1-9(2)18-15(20)13(24-16(18)23)7-10-4-5-11(12(6-10)21-3)22-8-14(17)19/h4-7,9H,8H2,1-3H3,(H2,17,19)/b13-7-. The molecule has 0 spiro atoms. The number of carbonyl (C=O) groups excluding carboxylic acids is 2. The summed E-state index contributed by atoms with van der Waals surface area (Å²) in [6, 6.07) is 5.16. The first-order valence-electron chi connectivity index (χ1n) is 7.19. The first-order valence-corrected chi connectivity index (χ1v) is 8.42. The third-order valence-corrected chi connectivity index (χ3v) is 4.53. The van der Waals surface area contributed by atoms with E-state index in [4.69, 9.17) is 27.4 Å². The van der Waals surface area contributed by atoms with E-state index in [1.165, 1.54) is 18.9 Å². The predicted molar refractivity (Wildman–Crippen MR) is 97.8 cm³/mol. The topological polar surface area (TPSA) is 81.9 Å². The largest absolute Gasteiger partial charge is 0.493 e. The molecular weight excluding hydrogens is 348 g/mol. The fraction of sp³-hybridized carbons (Fsp3) is 0.312. The zero-order valence-electron chi connectivity index (χ0n) is 13.6. The van der Waals surface area contributed by atoms with E-state index < -0.39 is 5.91 Å². The number of thioether (sulfide) groups is 1. The second kappa shape index (κ2) is 7.67. The average Bonchev–Trinajstić information content (AvgIpc) is 2.79. The second-order valence-corrected chi connectivity index (χ2v) is 6.99. The summed E-state index contributed by atoms with van der Waals surface area (Å²) >= 11 is 6.53. The summed E-state index contributed by atoms with van der Waals surface area (Å²) in [7, 11) is 1.49. The highest BCUT2D eigenvalue weighted by molar-refractivity contribution is 8.26. The molecule has 2 rings (SSSR count). The summed E-state index contributed by atoms with van der Waals surface area (Å²) in [4.78, 5) is 25.4. The third-order valence-electron chi connectivity index (χ3n) is 3.20. The fourth-order valence-electron chi connectivity index (χ4n) is 2.12. The molecule has 128 valence electrons. The highest BCUT2D eigenvalue weighted by Gasteiger charge is 2.33. The summed E-state index contributed by atoms with van der Waals surface area (Å²) in [6.07, 6.45) is 1.75. The Kier molecular flexibility index (Phi) is 5.84. The number of nitrogens with zero attached hydrogens (tertiary/aromatic N) is 1. The van der Waals surface area contributed by atoms with Crippen molar-refractivity contribution in [2.75, 3.05) is 13.7 Å². The zero-order valence-corrected chi connectivity index (χ0v) is 15.2. The summed E-state index contributed by atoms with van der Waals surface area (Å²) in [5.74, 6) is 0.180. The molecule has 0 bridgehead atoms. The molecule has 1 aliphatic heterocycles. The minimum absolute atomic E-state index is 0.0162. The van der Waals surface area contributed by atoms with Crippen LogP contribution in [0.15, 0.2) is 23.1 Å². The number of rotatable bonds is 6. The van der Waals surface area contributed by atoms with E-state index in [-0.39, 0.29) is 18.6 Å². The Morgan fingerprint density at radius 2 is 2.12 bits per heavy atom. The van der Waals surface area contributed by atoms with Crippen LogP contribution in [0.2, 0.25) is 0 Å². The number of thiocarbonyl (C=S) groups is 1. The minimum Gasteiger partial charge on any atom is -0.493 e. The van der Waals surface area contributed by atoms with E-state index in [1.54, 1.807) is 29.2 Å². The van der Waals surface area contributed by atoms with E-state index in [2.05, 4.69) is 0 Å². The molecule has 24 heavy (non-hydrogen) atoms. The number of hydrogen-bond acceptors (Lipinski definition) is 6. The van der Waals surface area contributed by atoms with Crippen molar-refractivity contribution in [3.05, 3.63) is 28.7 Å². The molecule has 1 aliphatic rings. The maximum absolute atomic E-state index is 12.4. The molecule has 1 fully saturated rings. The monoisotopic (exact) mass is 366 g/mol. The van der Waals surface area contributed by atoms with Crippen molar-refractivity contribution in [3.8, 4) is 11.5 Å². The molecule has 0 atom stereocenters. The molecule has 1 heterocycles. The third kappa shape index (κ3) is 4.07. The number of amides is 2. The van der Waals surface area contributed by atoms with Crippen LogP contribution in [0.25, 0.3) is 6.08 Å². The zero-order chi connectivity index (χ0) is 17.9. The van der Waals surface area contributed by atoms with Gasteiger partial charge in [0.25, 0.3) is 11.8 Å². The number of hydrogen-bond donors (Lipinski definition) is 1. The van der Waals surface area contributed by atoms with Crippen LogP contribution in [0.3, 0.4) is 0 Å². The SMILES string of the molecule is COc1cc(/C=C2\SC(=S)N(C(C)C)C2=O)ccc1OCC(N)=O. The molecule has 1 aromatic rings. The molecule has 0 aliphatic carbocycles. The molecule has 0 saturated carbocycles. The van der Waals surface area contributed by atoms with Crippen molar-refractivity contribution in [2.45, 2.75) is 19.9 Å². The molecule has 8 heteroatoms. The van der Waals surface area contributed by atoms with Gasteiger partial charge >= 0.3 is 0 Å². The Labute approximate surface area is 150 Å². The number of methoxy groups -OCH3 is 1. The molecular formula is C16H18N2O4S2. The van der Waals surface area contributed by atoms with Gasteiger partial charge in [-0.05, 0) is 37.6 Å². The van der Waals surface area contributed by atoms with Gasteiger partial charge < -0.3 is 15.2 Å². The first kappa shape index (κ1) is 18.3. The number of primary amides is 1. The second-order valence-electron chi connectivity index (χ2n) is 5.31. The number of carbonyl (C=O) groups is 2. The molecule has 0 aromatic heterocycles. The highest BCUT2D eigenvalue weighted by atomic mass is 32.2. The molecule has 1 aromatic carbocycles. The molecule has 0 radical (unpaired) electrons. The van der Waals surface area contributed by atoms with E-state index in [9.17, 15) is 9.59 Å². The summed E-state index contributed by atoms with van der Waals surface area (Å²) in [5, 5.41) is 0. The van der Waals surface area contributed by atoms with Gasteiger partial charge in [-0.3, -0.25) is 14.5 Å². The lowest BCUT2D eigenvalue weighted by Crippen LogP contribution is -2.34. The van der Waals surface area contributed by atoms with Crippen LogP contribution in [0, 0.1) is 0 Å². The normalized spacial score (nSPS) is 16.2. The van der Waals surface area contributed by atoms with Gasteiger partial charge in [-0.1, -0.05) is 30.0 Å². The Morgan fingerprint density at radius 3 is 2.67 bits per heavy atom. The molecule has 1 saturated heterocycles. The van der Waals surface area contributed by atoms with Gasteiger partial charge in [-0.2, -0.15) is 0 Å². The van der Waals surface area contributed by atoms with Gasteiger partial charge in [0.2, 0.25) is 0 Å².